The van der Waals surface area contributed by atoms with Gasteiger partial charge in [0.2, 0.25) is 0 Å². The van der Waals surface area contributed by atoms with E-state index in [0.717, 1.165) is 34.4 Å². The predicted octanol–water partition coefficient (Wildman–Crippen LogP) is 3.34. The Balaban J connectivity index is 1.69. The van der Waals surface area contributed by atoms with Gasteiger partial charge in [-0.25, -0.2) is 19.3 Å². The first-order valence-corrected chi connectivity index (χ1v) is 9.10. The van der Waals surface area contributed by atoms with Gasteiger partial charge in [-0.05, 0) is 30.5 Å². The van der Waals surface area contributed by atoms with Gasteiger partial charge in [-0.15, -0.1) is 0 Å². The second-order valence-electron chi connectivity index (χ2n) is 7.78. The summed E-state index contributed by atoms with van der Waals surface area (Å²) in [4.78, 5) is 30.0. The first-order chi connectivity index (χ1) is 12.9. The summed E-state index contributed by atoms with van der Waals surface area (Å²) >= 11 is 0. The smallest absolute Gasteiger partial charge is 0.156 e. The normalized spacial score (nSPS) is 17.6. The fourth-order valence-corrected chi connectivity index (χ4v) is 3.43. The van der Waals surface area contributed by atoms with Gasteiger partial charge in [0, 0.05) is 29.9 Å². The van der Waals surface area contributed by atoms with Gasteiger partial charge < -0.3 is 14.7 Å². The standard InChI is InChI=1S/C20H22FN5O/c1-20(2,12-27)8-14-9-23-19-18(14)25-16(10-24-19)13-3-5-22-17(7-13)26-6-4-15(21)11-26/h3,5,7,9-10,12,15H,4,6,8,11H2,1-2H3,(H,23,24)/t15-/m0/s1. The van der Waals surface area contributed by atoms with Crippen molar-refractivity contribution in [2.75, 3.05) is 18.0 Å². The van der Waals surface area contributed by atoms with Crippen molar-refractivity contribution < 1.29 is 9.18 Å². The lowest BCUT2D eigenvalue weighted by molar-refractivity contribution is -0.114. The van der Waals surface area contributed by atoms with Crippen LogP contribution in [0.5, 0.6) is 0 Å². The van der Waals surface area contributed by atoms with E-state index in [-0.39, 0.29) is 0 Å². The quantitative estimate of drug-likeness (QED) is 0.700. The van der Waals surface area contributed by atoms with Crippen molar-refractivity contribution in [3.8, 4) is 11.3 Å². The molecule has 1 fully saturated rings. The van der Waals surface area contributed by atoms with E-state index in [1.165, 1.54) is 0 Å². The Morgan fingerprint density at radius 1 is 1.41 bits per heavy atom. The summed E-state index contributed by atoms with van der Waals surface area (Å²) in [5, 5.41) is 0. The van der Waals surface area contributed by atoms with Gasteiger partial charge in [0.15, 0.2) is 5.65 Å². The fraction of sp³-hybridized carbons (Fsp3) is 0.400. The van der Waals surface area contributed by atoms with Crippen LogP contribution in [0.3, 0.4) is 0 Å². The topological polar surface area (TPSA) is 74.8 Å². The molecule has 1 aliphatic rings. The molecule has 0 saturated carbocycles. The van der Waals surface area contributed by atoms with E-state index < -0.39 is 11.6 Å². The number of hydrogen-bond acceptors (Lipinski definition) is 5. The highest BCUT2D eigenvalue weighted by Crippen LogP contribution is 2.28. The van der Waals surface area contributed by atoms with Crippen LogP contribution < -0.4 is 4.90 Å². The number of carbonyl (C=O) groups is 1. The predicted molar refractivity (Wildman–Crippen MR) is 102 cm³/mol. The first-order valence-electron chi connectivity index (χ1n) is 9.10. The highest BCUT2D eigenvalue weighted by Gasteiger charge is 2.23. The molecule has 0 amide bonds. The van der Waals surface area contributed by atoms with Crippen molar-refractivity contribution in [3.05, 3.63) is 36.3 Å². The van der Waals surface area contributed by atoms with Crippen molar-refractivity contribution in [1.82, 2.24) is 19.9 Å². The summed E-state index contributed by atoms with van der Waals surface area (Å²) in [5.74, 6) is 0.755. The Kier molecular flexibility index (Phi) is 4.37. The monoisotopic (exact) mass is 367 g/mol. The lowest BCUT2D eigenvalue weighted by Crippen LogP contribution is -2.20. The number of nitrogens with zero attached hydrogens (tertiary/aromatic N) is 4. The number of pyridine rings is 1. The minimum absolute atomic E-state index is 0.379. The largest absolute Gasteiger partial charge is 0.354 e. The van der Waals surface area contributed by atoms with Gasteiger partial charge in [0.25, 0.3) is 0 Å². The Morgan fingerprint density at radius 3 is 3.00 bits per heavy atom. The molecule has 1 atom stereocenters. The molecule has 3 aromatic rings. The first kappa shape index (κ1) is 17.6. The van der Waals surface area contributed by atoms with Gasteiger partial charge in [-0.2, -0.15) is 0 Å². The third kappa shape index (κ3) is 3.54. The molecular formula is C20H22FN5O. The second-order valence-corrected chi connectivity index (χ2v) is 7.78. The molecule has 0 aliphatic carbocycles. The van der Waals surface area contributed by atoms with Crippen LogP contribution in [0, 0.1) is 5.41 Å². The Hall–Kier alpha value is -2.83. The molecule has 4 heterocycles. The molecule has 0 aromatic carbocycles. The molecule has 140 valence electrons. The van der Waals surface area contributed by atoms with E-state index in [9.17, 15) is 9.18 Å². The summed E-state index contributed by atoms with van der Waals surface area (Å²) < 4.78 is 13.5. The number of H-pyrrole nitrogens is 1. The SMILES string of the molecule is CC(C)(C=O)Cc1c[nH]c2ncc(-c3ccnc(N4CC[C@H](F)C4)c3)nc12. The second kappa shape index (κ2) is 6.72. The molecule has 0 radical (unpaired) electrons. The molecule has 0 bridgehead atoms. The molecular weight excluding hydrogens is 345 g/mol. The molecule has 3 aromatic heterocycles. The van der Waals surface area contributed by atoms with Crippen molar-refractivity contribution in [2.45, 2.75) is 32.9 Å². The highest BCUT2D eigenvalue weighted by atomic mass is 19.1. The van der Waals surface area contributed by atoms with Crippen molar-refractivity contribution >= 4 is 23.3 Å². The Labute approximate surface area is 156 Å². The van der Waals surface area contributed by atoms with Crippen LogP contribution in [0.25, 0.3) is 22.4 Å². The molecule has 27 heavy (non-hydrogen) atoms. The number of aromatic amines is 1. The van der Waals surface area contributed by atoms with Crippen LogP contribution in [0.4, 0.5) is 10.2 Å². The zero-order valence-electron chi connectivity index (χ0n) is 15.4. The maximum atomic E-state index is 13.5. The summed E-state index contributed by atoms with van der Waals surface area (Å²) in [6.45, 7) is 4.86. The van der Waals surface area contributed by atoms with E-state index in [0.29, 0.717) is 31.6 Å². The van der Waals surface area contributed by atoms with Crippen LogP contribution in [0.2, 0.25) is 0 Å². The third-order valence-corrected chi connectivity index (χ3v) is 4.92. The van der Waals surface area contributed by atoms with Gasteiger partial charge >= 0.3 is 0 Å². The van der Waals surface area contributed by atoms with Gasteiger partial charge in [0.05, 0.1) is 18.4 Å². The van der Waals surface area contributed by atoms with E-state index >= 15 is 0 Å². The average molecular weight is 367 g/mol. The number of hydrogen-bond donors (Lipinski definition) is 1. The van der Waals surface area contributed by atoms with Gasteiger partial charge in [-0.3, -0.25) is 0 Å². The number of aldehydes is 1. The number of fused-ring (bicyclic) bond motifs is 1. The minimum atomic E-state index is -0.796. The summed E-state index contributed by atoms with van der Waals surface area (Å²) in [7, 11) is 0. The van der Waals surface area contributed by atoms with Crippen LogP contribution in [0.1, 0.15) is 25.8 Å². The van der Waals surface area contributed by atoms with Crippen LogP contribution in [-0.2, 0) is 11.2 Å². The molecule has 0 unspecified atom stereocenters. The Bertz CT molecular complexity index is 983. The van der Waals surface area contributed by atoms with E-state index in [1.807, 2.05) is 37.1 Å². The van der Waals surface area contributed by atoms with Crippen molar-refractivity contribution in [3.63, 3.8) is 0 Å². The van der Waals surface area contributed by atoms with Gasteiger partial charge in [-0.1, -0.05) is 13.8 Å². The molecule has 7 heteroatoms. The van der Waals surface area contributed by atoms with Crippen molar-refractivity contribution in [1.29, 1.82) is 0 Å². The zero-order chi connectivity index (χ0) is 19.0. The molecule has 0 spiro atoms. The summed E-state index contributed by atoms with van der Waals surface area (Å²) in [6, 6.07) is 3.81. The molecule has 1 saturated heterocycles. The van der Waals surface area contributed by atoms with E-state index in [2.05, 4.69) is 15.0 Å². The lowest BCUT2D eigenvalue weighted by Gasteiger charge is -2.17. The number of alkyl halides is 1. The maximum absolute atomic E-state index is 13.5. The van der Waals surface area contributed by atoms with Crippen LogP contribution in [0.15, 0.2) is 30.7 Å². The number of nitrogens with one attached hydrogen (secondary N) is 1. The number of anilines is 1. The van der Waals surface area contributed by atoms with E-state index in [1.54, 1.807) is 12.4 Å². The number of carbonyl (C=O) groups excluding carboxylic acids is 1. The van der Waals surface area contributed by atoms with Crippen LogP contribution in [-0.4, -0.2) is 45.5 Å². The average Bonchev–Trinajstić information content (AvgIpc) is 3.28. The van der Waals surface area contributed by atoms with E-state index in [4.69, 9.17) is 4.98 Å². The lowest BCUT2D eigenvalue weighted by atomic mass is 9.88. The van der Waals surface area contributed by atoms with Crippen molar-refractivity contribution in [2.24, 2.45) is 5.41 Å². The number of aromatic nitrogens is 4. The Morgan fingerprint density at radius 2 is 2.26 bits per heavy atom. The molecule has 1 N–H and O–H groups in total. The highest BCUT2D eigenvalue weighted by molar-refractivity contribution is 5.79. The zero-order valence-corrected chi connectivity index (χ0v) is 15.4. The molecule has 1 aliphatic heterocycles. The summed E-state index contributed by atoms with van der Waals surface area (Å²) in [6.07, 6.45) is 6.59. The van der Waals surface area contributed by atoms with Gasteiger partial charge in [0.1, 0.15) is 23.8 Å². The number of rotatable bonds is 5. The summed E-state index contributed by atoms with van der Waals surface area (Å²) in [5.41, 5.74) is 3.58. The molecule has 4 rings (SSSR count). The maximum Gasteiger partial charge on any atom is 0.156 e. The fourth-order valence-electron chi connectivity index (χ4n) is 3.43. The minimum Gasteiger partial charge on any atom is -0.354 e. The molecule has 6 nitrogen and oxygen atoms in total. The third-order valence-electron chi connectivity index (χ3n) is 4.92. The van der Waals surface area contributed by atoms with Crippen LogP contribution >= 0.6 is 0 Å². The number of halogens is 1.